The molecule has 0 aromatic heterocycles. The Bertz CT molecular complexity index is 794. The summed E-state index contributed by atoms with van der Waals surface area (Å²) in [5.41, 5.74) is 1.75. The number of nitrogens with zero attached hydrogens (tertiary/aromatic N) is 1. The van der Waals surface area contributed by atoms with Crippen LogP contribution in [0.25, 0.3) is 0 Å². The molecule has 0 aliphatic carbocycles. The molecule has 0 atom stereocenters. The number of benzene rings is 2. The number of methoxy groups -OCH3 is 1. The molecular weight excluding hydrogens is 294 g/mol. The molecule has 2 N–H and O–H groups in total. The summed E-state index contributed by atoms with van der Waals surface area (Å²) in [6, 6.07) is 13.3. The van der Waals surface area contributed by atoms with E-state index in [4.69, 9.17) is 10.00 Å². The quantitative estimate of drug-likeness (QED) is 0.908. The summed E-state index contributed by atoms with van der Waals surface area (Å²) in [5.74, 6) is -0.153. The first-order valence-electron chi connectivity index (χ1n) is 6.80. The van der Waals surface area contributed by atoms with Gasteiger partial charge in [-0.3, -0.25) is 9.59 Å². The number of nitrogens with one attached hydrogen (secondary N) is 2. The van der Waals surface area contributed by atoms with E-state index in [1.54, 1.807) is 36.4 Å². The smallest absolute Gasteiger partial charge is 0.255 e. The average Bonchev–Trinajstić information content (AvgIpc) is 2.54. The third-order valence-electron chi connectivity index (χ3n) is 3.02. The number of carbonyl (C=O) groups excluding carboxylic acids is 2. The molecule has 2 rings (SSSR count). The lowest BCUT2D eigenvalue weighted by Crippen LogP contribution is -2.13. The summed E-state index contributed by atoms with van der Waals surface area (Å²) in [6.07, 6.45) is 0. The molecular formula is C17H15N3O3. The van der Waals surface area contributed by atoms with E-state index in [1.165, 1.54) is 20.1 Å². The largest absolute Gasteiger partial charge is 0.495 e. The highest BCUT2D eigenvalue weighted by Gasteiger charge is 2.11. The highest BCUT2D eigenvalue weighted by Crippen LogP contribution is 2.26. The van der Waals surface area contributed by atoms with Crippen molar-refractivity contribution >= 4 is 23.2 Å². The van der Waals surface area contributed by atoms with E-state index in [0.717, 1.165) is 0 Å². The van der Waals surface area contributed by atoms with Gasteiger partial charge in [0.15, 0.2) is 0 Å². The Labute approximate surface area is 133 Å². The maximum absolute atomic E-state index is 12.3. The molecule has 0 aliphatic heterocycles. The number of hydrogen-bond acceptors (Lipinski definition) is 4. The molecule has 0 bridgehead atoms. The van der Waals surface area contributed by atoms with Crippen molar-refractivity contribution in [3.8, 4) is 11.8 Å². The van der Waals surface area contributed by atoms with Crippen molar-refractivity contribution in [2.24, 2.45) is 0 Å². The predicted molar refractivity (Wildman–Crippen MR) is 86.4 cm³/mol. The topological polar surface area (TPSA) is 91.2 Å². The fraction of sp³-hybridized carbons (Fsp3) is 0.118. The van der Waals surface area contributed by atoms with Gasteiger partial charge in [0.2, 0.25) is 5.91 Å². The molecule has 2 aromatic carbocycles. The normalized spacial score (nSPS) is 9.61. The van der Waals surface area contributed by atoms with E-state index in [0.29, 0.717) is 28.3 Å². The Kier molecular flexibility index (Phi) is 4.95. The van der Waals surface area contributed by atoms with Crippen LogP contribution in [0.15, 0.2) is 42.5 Å². The van der Waals surface area contributed by atoms with Crippen LogP contribution < -0.4 is 15.4 Å². The van der Waals surface area contributed by atoms with Gasteiger partial charge in [0.1, 0.15) is 5.75 Å². The lowest BCUT2D eigenvalue weighted by molar-refractivity contribution is -0.114. The molecule has 0 radical (unpaired) electrons. The van der Waals surface area contributed by atoms with Gasteiger partial charge in [-0.1, -0.05) is 6.07 Å². The van der Waals surface area contributed by atoms with Crippen LogP contribution in [0.5, 0.6) is 5.75 Å². The van der Waals surface area contributed by atoms with Gasteiger partial charge in [-0.25, -0.2) is 0 Å². The van der Waals surface area contributed by atoms with E-state index < -0.39 is 0 Å². The molecule has 2 aromatic rings. The van der Waals surface area contributed by atoms with Gasteiger partial charge >= 0.3 is 0 Å². The van der Waals surface area contributed by atoms with E-state index >= 15 is 0 Å². The molecule has 0 spiro atoms. The van der Waals surface area contributed by atoms with Gasteiger partial charge in [-0.2, -0.15) is 5.26 Å². The summed E-state index contributed by atoms with van der Waals surface area (Å²) in [5, 5.41) is 14.2. The van der Waals surface area contributed by atoms with Crippen LogP contribution in [0.2, 0.25) is 0 Å². The van der Waals surface area contributed by atoms with Crippen molar-refractivity contribution < 1.29 is 14.3 Å². The molecule has 6 nitrogen and oxygen atoms in total. The minimum Gasteiger partial charge on any atom is -0.495 e. The third kappa shape index (κ3) is 4.08. The second-order valence-electron chi connectivity index (χ2n) is 4.74. The number of ether oxygens (including phenoxy) is 1. The number of hydrogen-bond donors (Lipinski definition) is 2. The molecule has 116 valence electrons. The Morgan fingerprint density at radius 3 is 2.57 bits per heavy atom. The summed E-state index contributed by atoms with van der Waals surface area (Å²) < 4.78 is 5.15. The van der Waals surface area contributed by atoms with Crippen molar-refractivity contribution in [1.29, 1.82) is 5.26 Å². The summed E-state index contributed by atoms with van der Waals surface area (Å²) in [6.45, 7) is 1.37. The van der Waals surface area contributed by atoms with Gasteiger partial charge < -0.3 is 15.4 Å². The molecule has 6 heteroatoms. The van der Waals surface area contributed by atoms with E-state index in [2.05, 4.69) is 10.6 Å². The van der Waals surface area contributed by atoms with Crippen LogP contribution in [-0.4, -0.2) is 18.9 Å². The van der Waals surface area contributed by atoms with Crippen LogP contribution in [0, 0.1) is 11.3 Å². The Morgan fingerprint density at radius 1 is 1.13 bits per heavy atom. The van der Waals surface area contributed by atoms with Crippen molar-refractivity contribution in [3.05, 3.63) is 53.6 Å². The Balaban J connectivity index is 2.25. The maximum atomic E-state index is 12.3. The summed E-state index contributed by atoms with van der Waals surface area (Å²) >= 11 is 0. The Hall–Kier alpha value is -3.33. The van der Waals surface area contributed by atoms with E-state index in [-0.39, 0.29) is 11.8 Å². The molecule has 0 saturated carbocycles. The van der Waals surface area contributed by atoms with Crippen molar-refractivity contribution in [2.75, 3.05) is 17.7 Å². The number of nitriles is 1. The number of carbonyl (C=O) groups is 2. The molecule has 23 heavy (non-hydrogen) atoms. The average molecular weight is 309 g/mol. The highest BCUT2D eigenvalue weighted by molar-refractivity contribution is 6.05. The Morgan fingerprint density at radius 2 is 1.91 bits per heavy atom. The first kappa shape index (κ1) is 16.0. The minimum absolute atomic E-state index is 0.262. The molecule has 0 heterocycles. The lowest BCUT2D eigenvalue weighted by Gasteiger charge is -2.11. The maximum Gasteiger partial charge on any atom is 0.255 e. The summed E-state index contributed by atoms with van der Waals surface area (Å²) in [4.78, 5) is 23.5. The van der Waals surface area contributed by atoms with Crippen LogP contribution in [0.4, 0.5) is 11.4 Å². The second kappa shape index (κ2) is 7.09. The number of anilines is 2. The molecule has 0 unspecified atom stereocenters. The minimum atomic E-state index is -0.352. The third-order valence-corrected chi connectivity index (χ3v) is 3.02. The van der Waals surface area contributed by atoms with Gasteiger partial charge in [0.25, 0.3) is 5.91 Å². The molecule has 2 amide bonds. The van der Waals surface area contributed by atoms with Gasteiger partial charge in [0.05, 0.1) is 24.4 Å². The predicted octanol–water partition coefficient (Wildman–Crippen LogP) is 2.78. The zero-order valence-corrected chi connectivity index (χ0v) is 12.7. The molecule has 0 fully saturated rings. The number of rotatable bonds is 4. The first-order chi connectivity index (χ1) is 11.0. The highest BCUT2D eigenvalue weighted by atomic mass is 16.5. The zero-order chi connectivity index (χ0) is 16.8. The van der Waals surface area contributed by atoms with E-state index in [9.17, 15) is 9.59 Å². The SMILES string of the molecule is COc1ccc(C(=O)Nc2cccc(C#N)c2)cc1NC(C)=O. The monoisotopic (exact) mass is 309 g/mol. The molecule has 0 aliphatic rings. The van der Waals surface area contributed by atoms with E-state index in [1.807, 2.05) is 6.07 Å². The lowest BCUT2D eigenvalue weighted by atomic mass is 10.1. The van der Waals surface area contributed by atoms with Crippen LogP contribution in [0.1, 0.15) is 22.8 Å². The van der Waals surface area contributed by atoms with Crippen molar-refractivity contribution in [1.82, 2.24) is 0 Å². The van der Waals surface area contributed by atoms with Crippen molar-refractivity contribution in [3.63, 3.8) is 0 Å². The fourth-order valence-corrected chi connectivity index (χ4v) is 2.01. The fourth-order valence-electron chi connectivity index (χ4n) is 2.01. The standard InChI is InChI=1S/C17H15N3O3/c1-11(21)19-15-9-13(6-7-16(15)23-2)17(22)20-14-5-3-4-12(8-14)10-18/h3-9H,1-2H3,(H,19,21)(H,20,22). The van der Waals surface area contributed by atoms with Gasteiger partial charge in [-0.05, 0) is 36.4 Å². The first-order valence-corrected chi connectivity index (χ1v) is 6.80. The van der Waals surface area contributed by atoms with Crippen LogP contribution in [0.3, 0.4) is 0 Å². The summed E-state index contributed by atoms with van der Waals surface area (Å²) in [7, 11) is 1.48. The van der Waals surface area contributed by atoms with Gasteiger partial charge in [0, 0.05) is 18.2 Å². The van der Waals surface area contributed by atoms with Crippen LogP contribution in [-0.2, 0) is 4.79 Å². The van der Waals surface area contributed by atoms with Crippen molar-refractivity contribution in [2.45, 2.75) is 6.92 Å². The zero-order valence-electron chi connectivity index (χ0n) is 12.7. The van der Waals surface area contributed by atoms with Crippen LogP contribution >= 0.6 is 0 Å². The molecule has 0 saturated heterocycles. The number of amides is 2. The van der Waals surface area contributed by atoms with Gasteiger partial charge in [-0.15, -0.1) is 0 Å². The second-order valence-corrected chi connectivity index (χ2v) is 4.74.